The number of aliphatic imine (C=N–C) groups is 1. The lowest BCUT2D eigenvalue weighted by Crippen LogP contribution is -2.44. The van der Waals surface area contributed by atoms with Gasteiger partial charge in [0.2, 0.25) is 0 Å². The number of rotatable bonds is 5. The molecule has 19 heavy (non-hydrogen) atoms. The first-order valence-electron chi connectivity index (χ1n) is 6.65. The Labute approximate surface area is 120 Å². The van der Waals surface area contributed by atoms with Gasteiger partial charge in [-0.1, -0.05) is 0 Å². The Morgan fingerprint density at radius 3 is 2.47 bits per heavy atom. The Bertz CT molecular complexity index is 404. The molecular weight excluding hydrogens is 256 g/mol. The summed E-state index contributed by atoms with van der Waals surface area (Å²) in [6, 6.07) is 4.30. The van der Waals surface area contributed by atoms with E-state index >= 15 is 0 Å². The molecule has 0 fully saturated rings. The van der Waals surface area contributed by atoms with Crippen molar-refractivity contribution >= 4 is 17.3 Å². The van der Waals surface area contributed by atoms with E-state index in [1.54, 1.807) is 7.05 Å². The molecule has 108 valence electrons. The summed E-state index contributed by atoms with van der Waals surface area (Å²) in [4.78, 5) is 6.88. The number of hydrogen-bond acceptors (Lipinski definition) is 3. The highest BCUT2D eigenvalue weighted by Gasteiger charge is 2.07. The molecule has 1 aromatic heterocycles. The fraction of sp³-hybridized carbons (Fsp3) is 0.643. The predicted octanol–water partition coefficient (Wildman–Crippen LogP) is 2.11. The van der Waals surface area contributed by atoms with Crippen LogP contribution in [0.3, 0.4) is 0 Å². The monoisotopic (exact) mass is 282 g/mol. The number of guanidine groups is 1. The molecule has 3 N–H and O–H groups in total. The molecule has 0 aliphatic rings. The molecular formula is C14H26N4S. The van der Waals surface area contributed by atoms with Crippen molar-refractivity contribution in [1.82, 2.24) is 16.0 Å². The molecule has 1 heterocycles. The van der Waals surface area contributed by atoms with E-state index in [2.05, 4.69) is 60.8 Å². The third kappa shape index (κ3) is 7.18. The molecule has 0 unspecified atom stereocenters. The number of aryl methyl sites for hydroxylation is 1. The van der Waals surface area contributed by atoms with E-state index in [0.29, 0.717) is 0 Å². The quantitative estimate of drug-likeness (QED) is 0.440. The largest absolute Gasteiger partial charge is 0.355 e. The molecule has 0 spiro atoms. The van der Waals surface area contributed by atoms with Gasteiger partial charge in [0.15, 0.2) is 5.96 Å². The normalized spacial score (nSPS) is 12.6. The highest BCUT2D eigenvalue weighted by Crippen LogP contribution is 2.14. The van der Waals surface area contributed by atoms with Crippen LogP contribution in [-0.2, 0) is 6.54 Å². The second-order valence-electron chi connectivity index (χ2n) is 5.54. The lowest BCUT2D eigenvalue weighted by molar-refractivity contribution is 0.428. The van der Waals surface area contributed by atoms with Gasteiger partial charge in [-0.2, -0.15) is 0 Å². The minimum Gasteiger partial charge on any atom is -0.355 e. The zero-order valence-electron chi connectivity index (χ0n) is 12.6. The molecule has 0 saturated carbocycles. The number of nitrogens with zero attached hydrogens (tertiary/aromatic N) is 1. The van der Waals surface area contributed by atoms with Gasteiger partial charge in [-0.3, -0.25) is 4.99 Å². The molecule has 0 aliphatic carbocycles. The molecule has 0 bridgehead atoms. The summed E-state index contributed by atoms with van der Waals surface area (Å²) in [6.07, 6.45) is 0. The van der Waals surface area contributed by atoms with Crippen LogP contribution in [0.4, 0.5) is 0 Å². The van der Waals surface area contributed by atoms with Crippen LogP contribution in [0.25, 0.3) is 0 Å². The van der Waals surface area contributed by atoms with Crippen molar-refractivity contribution in [3.63, 3.8) is 0 Å². The van der Waals surface area contributed by atoms with Gasteiger partial charge in [0.25, 0.3) is 0 Å². The fourth-order valence-electron chi connectivity index (χ4n) is 1.59. The maximum atomic E-state index is 4.22. The van der Waals surface area contributed by atoms with Gasteiger partial charge in [-0.25, -0.2) is 0 Å². The van der Waals surface area contributed by atoms with Gasteiger partial charge in [0, 0.05) is 35.4 Å². The van der Waals surface area contributed by atoms with E-state index in [-0.39, 0.29) is 5.54 Å². The van der Waals surface area contributed by atoms with Gasteiger partial charge >= 0.3 is 0 Å². The minimum absolute atomic E-state index is 0.160. The number of nitrogens with one attached hydrogen (secondary N) is 3. The van der Waals surface area contributed by atoms with E-state index in [4.69, 9.17) is 0 Å². The maximum absolute atomic E-state index is 4.22. The van der Waals surface area contributed by atoms with Crippen molar-refractivity contribution in [3.8, 4) is 0 Å². The maximum Gasteiger partial charge on any atom is 0.191 e. The zero-order chi connectivity index (χ0) is 14.3. The molecule has 0 saturated heterocycles. The summed E-state index contributed by atoms with van der Waals surface area (Å²) in [5, 5.41) is 10.1. The highest BCUT2D eigenvalue weighted by atomic mass is 32.1. The summed E-state index contributed by atoms with van der Waals surface area (Å²) in [5.41, 5.74) is 0.160. The lowest BCUT2D eigenvalue weighted by atomic mass is 10.1. The first-order valence-corrected chi connectivity index (χ1v) is 7.47. The Kier molecular flexibility index (Phi) is 6.31. The molecule has 5 heteroatoms. The first-order chi connectivity index (χ1) is 8.90. The molecule has 4 nitrogen and oxygen atoms in total. The third-order valence-electron chi connectivity index (χ3n) is 2.52. The fourth-order valence-corrected chi connectivity index (χ4v) is 2.42. The van der Waals surface area contributed by atoms with E-state index in [1.807, 2.05) is 11.3 Å². The van der Waals surface area contributed by atoms with Crippen LogP contribution in [0.5, 0.6) is 0 Å². The average Bonchev–Trinajstić information content (AvgIpc) is 2.73. The van der Waals surface area contributed by atoms with Gasteiger partial charge in [-0.15, -0.1) is 11.3 Å². The van der Waals surface area contributed by atoms with Crippen LogP contribution < -0.4 is 16.0 Å². The molecule has 0 atom stereocenters. The van der Waals surface area contributed by atoms with Crippen LogP contribution in [0, 0.1) is 6.92 Å². The van der Waals surface area contributed by atoms with E-state index in [1.165, 1.54) is 9.75 Å². The zero-order valence-corrected chi connectivity index (χ0v) is 13.4. The molecule has 0 amide bonds. The minimum atomic E-state index is 0.160. The molecule has 1 rings (SSSR count). The molecule has 0 aliphatic heterocycles. The molecule has 1 aromatic rings. The van der Waals surface area contributed by atoms with Gasteiger partial charge in [-0.05, 0) is 39.8 Å². The highest BCUT2D eigenvalue weighted by molar-refractivity contribution is 7.11. The van der Waals surface area contributed by atoms with Crippen LogP contribution >= 0.6 is 11.3 Å². The Morgan fingerprint density at radius 1 is 1.21 bits per heavy atom. The summed E-state index contributed by atoms with van der Waals surface area (Å²) < 4.78 is 0. The van der Waals surface area contributed by atoms with Crippen molar-refractivity contribution in [2.24, 2.45) is 4.99 Å². The van der Waals surface area contributed by atoms with Crippen molar-refractivity contribution in [2.45, 2.75) is 39.8 Å². The Hall–Kier alpha value is -1.07. The summed E-state index contributed by atoms with van der Waals surface area (Å²) in [6.45, 7) is 11.2. The Morgan fingerprint density at radius 2 is 1.95 bits per heavy atom. The molecule has 0 aromatic carbocycles. The number of hydrogen-bond donors (Lipinski definition) is 3. The second kappa shape index (κ2) is 7.50. The van der Waals surface area contributed by atoms with Crippen molar-refractivity contribution in [3.05, 3.63) is 21.9 Å². The van der Waals surface area contributed by atoms with Crippen LogP contribution in [0.15, 0.2) is 17.1 Å². The van der Waals surface area contributed by atoms with Crippen molar-refractivity contribution < 1.29 is 0 Å². The van der Waals surface area contributed by atoms with Crippen LogP contribution in [0.1, 0.15) is 30.5 Å². The third-order valence-corrected chi connectivity index (χ3v) is 3.52. The standard InChI is InChI=1S/C14H26N4S/c1-11-6-7-12(19-11)10-17-13(15-5)16-8-9-18-14(2,3)4/h6-7,18H,8-10H2,1-5H3,(H2,15,16,17). The Balaban J connectivity index is 2.23. The van der Waals surface area contributed by atoms with E-state index in [9.17, 15) is 0 Å². The first kappa shape index (κ1) is 16.0. The van der Waals surface area contributed by atoms with Gasteiger partial charge < -0.3 is 16.0 Å². The lowest BCUT2D eigenvalue weighted by Gasteiger charge is -2.21. The van der Waals surface area contributed by atoms with Crippen molar-refractivity contribution in [2.75, 3.05) is 20.1 Å². The van der Waals surface area contributed by atoms with E-state index in [0.717, 1.165) is 25.6 Å². The smallest absolute Gasteiger partial charge is 0.191 e. The van der Waals surface area contributed by atoms with E-state index < -0.39 is 0 Å². The summed E-state index contributed by atoms with van der Waals surface area (Å²) in [7, 11) is 1.80. The SMILES string of the molecule is CN=C(NCCNC(C)(C)C)NCc1ccc(C)s1. The average molecular weight is 282 g/mol. The summed E-state index contributed by atoms with van der Waals surface area (Å²) >= 11 is 1.81. The topological polar surface area (TPSA) is 48.5 Å². The van der Waals surface area contributed by atoms with Crippen molar-refractivity contribution in [1.29, 1.82) is 0 Å². The second-order valence-corrected chi connectivity index (χ2v) is 6.91. The summed E-state index contributed by atoms with van der Waals surface area (Å²) in [5.74, 6) is 0.849. The number of thiophene rings is 1. The van der Waals surface area contributed by atoms with Gasteiger partial charge in [0.05, 0.1) is 6.54 Å². The molecule has 0 radical (unpaired) electrons. The van der Waals surface area contributed by atoms with Gasteiger partial charge in [0.1, 0.15) is 0 Å². The predicted molar refractivity (Wildman–Crippen MR) is 85.0 cm³/mol. The van der Waals surface area contributed by atoms with Crippen LogP contribution in [0.2, 0.25) is 0 Å². The van der Waals surface area contributed by atoms with Crippen LogP contribution in [-0.4, -0.2) is 31.6 Å².